The summed E-state index contributed by atoms with van der Waals surface area (Å²) in [6.45, 7) is 4.48. The Labute approximate surface area is 186 Å². The van der Waals surface area contributed by atoms with Crippen molar-refractivity contribution in [2.45, 2.75) is 26.1 Å². The largest absolute Gasteiger partial charge is 0.366 e. The maximum atomic E-state index is 11.5. The topological polar surface area (TPSA) is 128 Å². The van der Waals surface area contributed by atoms with Gasteiger partial charge in [-0.2, -0.15) is 10.1 Å². The summed E-state index contributed by atoms with van der Waals surface area (Å²) in [4.78, 5) is 8.75. The van der Waals surface area contributed by atoms with Crippen molar-refractivity contribution in [2.24, 2.45) is 12.2 Å². The smallest absolute Gasteiger partial charge is 0.229 e. The third-order valence-electron chi connectivity index (χ3n) is 5.29. The van der Waals surface area contributed by atoms with Gasteiger partial charge in [-0.15, -0.1) is 0 Å². The molecule has 0 radical (unpaired) electrons. The molecule has 2 aromatic carbocycles. The van der Waals surface area contributed by atoms with Crippen molar-refractivity contribution < 1.29 is 8.42 Å². The summed E-state index contributed by atoms with van der Waals surface area (Å²) in [7, 11) is -1.68. The molecule has 0 fully saturated rings. The maximum Gasteiger partial charge on any atom is 0.229 e. The summed E-state index contributed by atoms with van der Waals surface area (Å²) >= 11 is 0. The highest BCUT2D eigenvalue weighted by atomic mass is 32.2. The van der Waals surface area contributed by atoms with Crippen LogP contribution >= 0.6 is 0 Å². The van der Waals surface area contributed by atoms with Crippen LogP contribution in [0.25, 0.3) is 10.9 Å². The second-order valence-corrected chi connectivity index (χ2v) is 9.37. The first kappa shape index (κ1) is 21.7. The van der Waals surface area contributed by atoms with Crippen LogP contribution in [0, 0.1) is 13.8 Å². The van der Waals surface area contributed by atoms with Gasteiger partial charge in [0.15, 0.2) is 0 Å². The van der Waals surface area contributed by atoms with Gasteiger partial charge < -0.3 is 10.6 Å². The van der Waals surface area contributed by atoms with E-state index in [2.05, 4.69) is 50.8 Å². The highest BCUT2D eigenvalue weighted by Crippen LogP contribution is 2.21. The Kier molecular flexibility index (Phi) is 5.81. The van der Waals surface area contributed by atoms with Crippen molar-refractivity contribution in [1.29, 1.82) is 0 Å². The van der Waals surface area contributed by atoms with Gasteiger partial charge in [0.2, 0.25) is 16.0 Å². The molecule has 0 atom stereocenters. The number of aryl methyl sites for hydroxylation is 3. The lowest BCUT2D eigenvalue weighted by Crippen LogP contribution is -2.15. The number of nitrogens with two attached hydrogens (primary N) is 1. The standard InChI is InChI=1S/C22H25N7O2S/c1-14-4-6-18(11-17(14)13-32(23,30)31)26-22-24-9-8-21(27-22)25-12-16-5-7-19-15(2)29(3)28-20(19)10-16/h4-11H,12-13H2,1-3H3,(H2,23,30,31)(H2,24,25,26,27). The van der Waals surface area contributed by atoms with Gasteiger partial charge in [0, 0.05) is 36.6 Å². The number of anilines is 3. The van der Waals surface area contributed by atoms with Crippen LogP contribution in [-0.4, -0.2) is 28.2 Å². The molecule has 0 spiro atoms. The zero-order chi connectivity index (χ0) is 22.9. The van der Waals surface area contributed by atoms with E-state index in [4.69, 9.17) is 5.14 Å². The fourth-order valence-corrected chi connectivity index (χ4v) is 4.19. The van der Waals surface area contributed by atoms with E-state index in [9.17, 15) is 8.42 Å². The number of fused-ring (bicyclic) bond motifs is 1. The Morgan fingerprint density at radius 3 is 2.69 bits per heavy atom. The number of nitrogens with zero attached hydrogens (tertiary/aromatic N) is 4. The van der Waals surface area contributed by atoms with E-state index in [1.807, 2.05) is 30.8 Å². The number of hydrogen-bond acceptors (Lipinski definition) is 7. The fourth-order valence-electron chi connectivity index (χ4n) is 3.45. The van der Waals surface area contributed by atoms with Crippen LogP contribution in [0.4, 0.5) is 17.5 Å². The van der Waals surface area contributed by atoms with Crippen LogP contribution in [-0.2, 0) is 29.4 Å². The molecule has 9 nitrogen and oxygen atoms in total. The molecule has 2 aromatic heterocycles. The molecular formula is C22H25N7O2S. The van der Waals surface area contributed by atoms with Crippen molar-refractivity contribution in [2.75, 3.05) is 10.6 Å². The molecule has 0 aliphatic rings. The number of rotatable bonds is 7. The quantitative estimate of drug-likeness (QED) is 0.394. The van der Waals surface area contributed by atoms with Gasteiger partial charge in [0.05, 0.1) is 11.3 Å². The zero-order valence-electron chi connectivity index (χ0n) is 18.1. The van der Waals surface area contributed by atoms with E-state index in [0.717, 1.165) is 27.7 Å². The highest BCUT2D eigenvalue weighted by Gasteiger charge is 2.10. The number of nitrogens with one attached hydrogen (secondary N) is 2. The molecule has 4 N–H and O–H groups in total. The van der Waals surface area contributed by atoms with E-state index in [1.54, 1.807) is 18.3 Å². The Bertz CT molecular complexity index is 1400. The van der Waals surface area contributed by atoms with Crippen molar-refractivity contribution in [1.82, 2.24) is 19.7 Å². The van der Waals surface area contributed by atoms with Crippen LogP contribution in [0.5, 0.6) is 0 Å². The molecule has 0 amide bonds. The molecule has 4 rings (SSSR count). The van der Waals surface area contributed by atoms with E-state index >= 15 is 0 Å². The number of aromatic nitrogens is 4. The molecule has 10 heteroatoms. The predicted molar refractivity (Wildman–Crippen MR) is 126 cm³/mol. The van der Waals surface area contributed by atoms with E-state index in [1.165, 1.54) is 0 Å². The van der Waals surface area contributed by atoms with Gasteiger partial charge in [0.25, 0.3) is 0 Å². The van der Waals surface area contributed by atoms with Crippen LogP contribution in [0.15, 0.2) is 48.7 Å². The average molecular weight is 452 g/mol. The first-order chi connectivity index (χ1) is 15.2. The zero-order valence-corrected chi connectivity index (χ0v) is 18.9. The highest BCUT2D eigenvalue weighted by molar-refractivity contribution is 7.88. The lowest BCUT2D eigenvalue weighted by Gasteiger charge is -2.11. The van der Waals surface area contributed by atoms with Gasteiger partial charge in [-0.3, -0.25) is 4.68 Å². The monoisotopic (exact) mass is 451 g/mol. The summed E-state index contributed by atoms with van der Waals surface area (Å²) in [5.41, 5.74) is 5.35. The molecule has 4 aromatic rings. The Morgan fingerprint density at radius 1 is 1.09 bits per heavy atom. The lowest BCUT2D eigenvalue weighted by atomic mass is 10.1. The summed E-state index contributed by atoms with van der Waals surface area (Å²) < 4.78 is 24.8. The molecule has 0 aliphatic carbocycles. The number of sulfonamides is 1. The molecule has 0 aliphatic heterocycles. The van der Waals surface area contributed by atoms with Gasteiger partial charge in [-0.25, -0.2) is 18.5 Å². The van der Waals surface area contributed by atoms with E-state index in [0.29, 0.717) is 29.6 Å². The Morgan fingerprint density at radius 2 is 1.91 bits per heavy atom. The molecule has 0 unspecified atom stereocenters. The first-order valence-electron chi connectivity index (χ1n) is 10.0. The second kappa shape index (κ2) is 8.56. The third-order valence-corrected chi connectivity index (χ3v) is 6.00. The van der Waals surface area contributed by atoms with Crippen molar-refractivity contribution in [3.63, 3.8) is 0 Å². The van der Waals surface area contributed by atoms with Crippen LogP contribution in [0.3, 0.4) is 0 Å². The normalized spacial score (nSPS) is 11.6. The summed E-state index contributed by atoms with van der Waals surface area (Å²) in [5, 5.41) is 17.3. The first-order valence-corrected chi connectivity index (χ1v) is 11.8. The summed E-state index contributed by atoms with van der Waals surface area (Å²) in [6, 6.07) is 13.4. The SMILES string of the molecule is Cc1ccc(Nc2nccc(NCc3ccc4c(C)n(C)nc4c3)n2)cc1CS(N)(=O)=O. The minimum absolute atomic E-state index is 0.225. The Hall–Kier alpha value is -3.50. The predicted octanol–water partition coefficient (Wildman–Crippen LogP) is 3.12. The van der Waals surface area contributed by atoms with Crippen LogP contribution in [0.1, 0.15) is 22.4 Å². The molecule has 32 heavy (non-hydrogen) atoms. The van der Waals surface area contributed by atoms with E-state index in [-0.39, 0.29) is 5.75 Å². The third kappa shape index (κ3) is 5.04. The molecule has 2 heterocycles. The molecule has 166 valence electrons. The number of hydrogen-bond donors (Lipinski definition) is 3. The van der Waals surface area contributed by atoms with Crippen molar-refractivity contribution >= 4 is 38.4 Å². The van der Waals surface area contributed by atoms with Gasteiger partial charge >= 0.3 is 0 Å². The van der Waals surface area contributed by atoms with Gasteiger partial charge in [0.1, 0.15) is 5.82 Å². The lowest BCUT2D eigenvalue weighted by molar-refractivity contribution is 0.597. The van der Waals surface area contributed by atoms with Gasteiger partial charge in [-0.1, -0.05) is 18.2 Å². The van der Waals surface area contributed by atoms with Crippen LogP contribution in [0.2, 0.25) is 0 Å². The van der Waals surface area contributed by atoms with E-state index < -0.39 is 10.0 Å². The Balaban J connectivity index is 1.46. The second-order valence-electron chi connectivity index (χ2n) is 7.75. The number of primary sulfonamides is 1. The van der Waals surface area contributed by atoms with Crippen LogP contribution < -0.4 is 15.8 Å². The summed E-state index contributed by atoms with van der Waals surface area (Å²) in [6.07, 6.45) is 1.66. The molecule has 0 saturated carbocycles. The van der Waals surface area contributed by atoms with Crippen molar-refractivity contribution in [3.05, 3.63) is 71.0 Å². The average Bonchev–Trinajstić information content (AvgIpc) is 3.01. The van der Waals surface area contributed by atoms with Crippen molar-refractivity contribution in [3.8, 4) is 0 Å². The molecular weight excluding hydrogens is 426 g/mol. The molecule has 0 saturated heterocycles. The minimum Gasteiger partial charge on any atom is -0.366 e. The summed E-state index contributed by atoms with van der Waals surface area (Å²) in [5.74, 6) is 0.838. The minimum atomic E-state index is -3.62. The fraction of sp³-hybridized carbons (Fsp3) is 0.227. The number of benzene rings is 2. The van der Waals surface area contributed by atoms with Gasteiger partial charge in [-0.05, 0) is 54.8 Å². The molecule has 0 bridgehead atoms. The maximum absolute atomic E-state index is 11.5.